The molecular weight excluding hydrogens is 342 g/mol. The SMILES string of the molecule is COc1ccc2cc(C(=O)N3CCC(CC(=O)N4CCCC4)CC3)[nH]c2c1. The smallest absolute Gasteiger partial charge is 0.270 e. The molecule has 6 nitrogen and oxygen atoms in total. The molecule has 6 heteroatoms. The Labute approximate surface area is 159 Å². The molecule has 1 aromatic heterocycles. The maximum atomic E-state index is 12.9. The van der Waals surface area contributed by atoms with Crippen LogP contribution in [0.3, 0.4) is 0 Å². The number of carbonyl (C=O) groups is 2. The summed E-state index contributed by atoms with van der Waals surface area (Å²) in [5.41, 5.74) is 1.52. The Kier molecular flexibility index (Phi) is 5.05. The van der Waals surface area contributed by atoms with Crippen LogP contribution in [-0.4, -0.2) is 59.9 Å². The summed E-state index contributed by atoms with van der Waals surface area (Å²) in [5, 5.41) is 1.00. The third-order valence-electron chi connectivity index (χ3n) is 5.88. The molecular formula is C21H27N3O3. The minimum Gasteiger partial charge on any atom is -0.497 e. The van der Waals surface area contributed by atoms with E-state index in [9.17, 15) is 9.59 Å². The van der Waals surface area contributed by atoms with E-state index in [-0.39, 0.29) is 5.91 Å². The lowest BCUT2D eigenvalue weighted by molar-refractivity contribution is -0.131. The lowest BCUT2D eigenvalue weighted by Crippen LogP contribution is -2.40. The monoisotopic (exact) mass is 369 g/mol. The lowest BCUT2D eigenvalue weighted by atomic mass is 9.93. The molecule has 0 atom stereocenters. The van der Waals surface area contributed by atoms with E-state index in [1.54, 1.807) is 7.11 Å². The number of benzene rings is 1. The summed E-state index contributed by atoms with van der Waals surface area (Å²) >= 11 is 0. The number of hydrogen-bond acceptors (Lipinski definition) is 3. The number of ether oxygens (including phenoxy) is 1. The van der Waals surface area contributed by atoms with Crippen LogP contribution in [0.15, 0.2) is 24.3 Å². The molecule has 2 amide bonds. The van der Waals surface area contributed by atoms with Gasteiger partial charge in [-0.3, -0.25) is 9.59 Å². The molecule has 0 radical (unpaired) electrons. The molecule has 3 heterocycles. The molecule has 0 unspecified atom stereocenters. The van der Waals surface area contributed by atoms with E-state index in [2.05, 4.69) is 4.98 Å². The Morgan fingerprint density at radius 2 is 1.81 bits per heavy atom. The number of fused-ring (bicyclic) bond motifs is 1. The molecule has 1 N–H and O–H groups in total. The van der Waals surface area contributed by atoms with Gasteiger partial charge in [0.15, 0.2) is 0 Å². The van der Waals surface area contributed by atoms with Gasteiger partial charge in [0.05, 0.1) is 7.11 Å². The van der Waals surface area contributed by atoms with E-state index >= 15 is 0 Å². The van der Waals surface area contributed by atoms with Crippen molar-refractivity contribution in [3.63, 3.8) is 0 Å². The van der Waals surface area contributed by atoms with Crippen molar-refractivity contribution in [2.45, 2.75) is 32.1 Å². The fourth-order valence-corrected chi connectivity index (χ4v) is 4.20. The van der Waals surface area contributed by atoms with Crippen molar-refractivity contribution in [3.05, 3.63) is 30.0 Å². The van der Waals surface area contributed by atoms with Crippen LogP contribution in [0.2, 0.25) is 0 Å². The lowest BCUT2D eigenvalue weighted by Gasteiger charge is -2.32. The van der Waals surface area contributed by atoms with Gasteiger partial charge < -0.3 is 19.5 Å². The Hall–Kier alpha value is -2.50. The molecule has 0 aliphatic carbocycles. The van der Waals surface area contributed by atoms with Gasteiger partial charge in [-0.1, -0.05) is 0 Å². The number of aromatic nitrogens is 1. The van der Waals surface area contributed by atoms with Crippen molar-refractivity contribution in [2.75, 3.05) is 33.3 Å². The van der Waals surface area contributed by atoms with E-state index in [1.807, 2.05) is 34.1 Å². The van der Waals surface area contributed by atoms with Gasteiger partial charge in [0, 0.05) is 49.6 Å². The number of piperidine rings is 1. The zero-order valence-corrected chi connectivity index (χ0v) is 15.9. The molecule has 0 saturated carbocycles. The van der Waals surface area contributed by atoms with Crippen LogP contribution in [0.5, 0.6) is 5.75 Å². The van der Waals surface area contributed by atoms with Gasteiger partial charge in [0.25, 0.3) is 5.91 Å². The molecule has 2 aliphatic rings. The molecule has 27 heavy (non-hydrogen) atoms. The molecule has 2 fully saturated rings. The Balaban J connectivity index is 1.35. The molecule has 0 bridgehead atoms. The van der Waals surface area contributed by atoms with Gasteiger partial charge in [-0.25, -0.2) is 0 Å². The zero-order valence-electron chi connectivity index (χ0n) is 15.9. The highest BCUT2D eigenvalue weighted by atomic mass is 16.5. The molecule has 2 aromatic rings. The summed E-state index contributed by atoms with van der Waals surface area (Å²) in [7, 11) is 1.63. The third-order valence-corrected chi connectivity index (χ3v) is 5.88. The highest BCUT2D eigenvalue weighted by Crippen LogP contribution is 2.25. The topological polar surface area (TPSA) is 65.6 Å². The number of likely N-dealkylation sites (tertiary alicyclic amines) is 2. The van der Waals surface area contributed by atoms with Crippen molar-refractivity contribution in [1.82, 2.24) is 14.8 Å². The molecule has 1 aromatic carbocycles. The quantitative estimate of drug-likeness (QED) is 0.901. The summed E-state index contributed by atoms with van der Waals surface area (Å²) in [6.07, 6.45) is 4.71. The van der Waals surface area contributed by atoms with Crippen molar-refractivity contribution in [3.8, 4) is 5.75 Å². The normalized spacial score (nSPS) is 18.3. The molecule has 0 spiro atoms. The van der Waals surface area contributed by atoms with E-state index < -0.39 is 0 Å². The first-order valence-corrected chi connectivity index (χ1v) is 9.88. The number of carbonyl (C=O) groups excluding carboxylic acids is 2. The highest BCUT2D eigenvalue weighted by Gasteiger charge is 2.28. The van der Waals surface area contributed by atoms with Gasteiger partial charge in [0.1, 0.15) is 11.4 Å². The average Bonchev–Trinajstić information content (AvgIpc) is 3.37. The first kappa shape index (κ1) is 17.9. The van der Waals surface area contributed by atoms with Crippen molar-refractivity contribution >= 4 is 22.7 Å². The fraction of sp³-hybridized carbons (Fsp3) is 0.524. The first-order valence-electron chi connectivity index (χ1n) is 9.88. The van der Waals surface area contributed by atoms with Crippen LogP contribution < -0.4 is 4.74 Å². The summed E-state index contributed by atoms with van der Waals surface area (Å²) in [6, 6.07) is 7.66. The van der Waals surface area contributed by atoms with Crippen LogP contribution in [0.4, 0.5) is 0 Å². The van der Waals surface area contributed by atoms with Crippen LogP contribution >= 0.6 is 0 Å². The zero-order chi connectivity index (χ0) is 18.8. The maximum Gasteiger partial charge on any atom is 0.270 e. The van der Waals surface area contributed by atoms with Crippen LogP contribution in [0, 0.1) is 5.92 Å². The van der Waals surface area contributed by atoms with Gasteiger partial charge in [-0.15, -0.1) is 0 Å². The predicted octanol–water partition coefficient (Wildman–Crippen LogP) is 3.04. The van der Waals surface area contributed by atoms with Gasteiger partial charge >= 0.3 is 0 Å². The summed E-state index contributed by atoms with van der Waals surface area (Å²) < 4.78 is 5.24. The number of nitrogens with one attached hydrogen (secondary N) is 1. The minimum absolute atomic E-state index is 0.0366. The molecule has 2 aliphatic heterocycles. The van der Waals surface area contributed by atoms with Crippen LogP contribution in [0.25, 0.3) is 10.9 Å². The van der Waals surface area contributed by atoms with E-state index in [0.717, 1.165) is 68.5 Å². The standard InChI is InChI=1S/C21H27N3O3/c1-27-17-5-4-16-13-19(22-18(16)14-17)21(26)24-10-6-15(7-11-24)12-20(25)23-8-2-3-9-23/h4-5,13-15,22H,2-3,6-12H2,1H3. The molecule has 4 rings (SSSR count). The largest absolute Gasteiger partial charge is 0.497 e. The second-order valence-electron chi connectivity index (χ2n) is 7.66. The van der Waals surface area contributed by atoms with Crippen molar-refractivity contribution in [1.29, 1.82) is 0 Å². The van der Waals surface area contributed by atoms with Crippen LogP contribution in [0.1, 0.15) is 42.6 Å². The van der Waals surface area contributed by atoms with Crippen LogP contribution in [-0.2, 0) is 4.79 Å². The Bertz CT molecular complexity index is 830. The Morgan fingerprint density at radius 1 is 1.07 bits per heavy atom. The summed E-state index contributed by atoms with van der Waals surface area (Å²) in [4.78, 5) is 32.3. The number of amides is 2. The van der Waals surface area contributed by atoms with Gasteiger partial charge in [-0.2, -0.15) is 0 Å². The van der Waals surface area contributed by atoms with E-state index in [0.29, 0.717) is 23.9 Å². The average molecular weight is 369 g/mol. The van der Waals surface area contributed by atoms with E-state index in [1.165, 1.54) is 0 Å². The Morgan fingerprint density at radius 3 is 2.52 bits per heavy atom. The van der Waals surface area contributed by atoms with Gasteiger partial charge in [0.2, 0.25) is 5.91 Å². The minimum atomic E-state index is 0.0366. The maximum absolute atomic E-state index is 12.9. The fourth-order valence-electron chi connectivity index (χ4n) is 4.20. The summed E-state index contributed by atoms with van der Waals surface area (Å²) in [5.74, 6) is 1.50. The number of aromatic amines is 1. The number of rotatable bonds is 4. The number of nitrogens with zero attached hydrogens (tertiary/aromatic N) is 2. The predicted molar refractivity (Wildman–Crippen MR) is 104 cm³/mol. The second-order valence-corrected chi connectivity index (χ2v) is 7.66. The molecule has 144 valence electrons. The summed E-state index contributed by atoms with van der Waals surface area (Å²) in [6.45, 7) is 3.27. The van der Waals surface area contributed by atoms with Gasteiger partial charge in [-0.05, 0) is 49.8 Å². The van der Waals surface area contributed by atoms with E-state index in [4.69, 9.17) is 4.74 Å². The first-order chi connectivity index (χ1) is 13.1. The number of hydrogen-bond donors (Lipinski definition) is 1. The highest BCUT2D eigenvalue weighted by molar-refractivity contribution is 5.98. The molecule has 2 saturated heterocycles. The van der Waals surface area contributed by atoms with Crippen molar-refractivity contribution in [2.24, 2.45) is 5.92 Å². The number of H-pyrrole nitrogens is 1. The third kappa shape index (κ3) is 3.80. The van der Waals surface area contributed by atoms with Crippen molar-refractivity contribution < 1.29 is 14.3 Å². The second kappa shape index (κ2) is 7.62. The number of methoxy groups -OCH3 is 1.